The van der Waals surface area contributed by atoms with Crippen LogP contribution in [0.1, 0.15) is 129 Å². The lowest BCUT2D eigenvalue weighted by Crippen LogP contribution is -2.61. The van der Waals surface area contributed by atoms with Crippen LogP contribution in [0.15, 0.2) is 158 Å². The summed E-state index contributed by atoms with van der Waals surface area (Å²) in [5.41, 5.74) is 28.7. The zero-order valence-electron chi connectivity index (χ0n) is 43.0. The lowest BCUT2D eigenvalue weighted by atomic mass is 9.33. The molecule has 2 heterocycles. The number of hydrogen-bond acceptors (Lipinski definition) is 2. The topological polar surface area (TPSA) is 6.48 Å². The lowest BCUT2D eigenvalue weighted by molar-refractivity contribution is 0.589. The van der Waals surface area contributed by atoms with Crippen molar-refractivity contribution < 1.29 is 0 Å². The first-order valence-corrected chi connectivity index (χ1v) is 25.3. The van der Waals surface area contributed by atoms with Crippen LogP contribution in [0.25, 0.3) is 33.4 Å². The fourth-order valence-corrected chi connectivity index (χ4v) is 12.5. The van der Waals surface area contributed by atoms with Crippen LogP contribution in [0.5, 0.6) is 0 Å². The second-order valence-electron chi connectivity index (χ2n) is 24.7. The average molecular weight is 897 g/mol. The standard InChI is InChI=1S/C66H65BN2/c1-62(2,3)41-28-34-56-55(35-41)67-54-33-27-42(63(4,5)6)36-57(54)68(44-29-25-40(26-30-44)46-21-18-24-52-60(46)49-20-15-17-23-51(49)65(52,10)11)58-37-43(64(7,8)9)38-59(61(58)67)69(56)45-31-32-48-47-19-14-16-22-50(47)66(12,13)53(48)39-45/h14-39H,1-13H3. The van der Waals surface area contributed by atoms with Gasteiger partial charge in [-0.25, -0.2) is 0 Å². The summed E-state index contributed by atoms with van der Waals surface area (Å²) in [6.45, 7) is 30.8. The van der Waals surface area contributed by atoms with Gasteiger partial charge >= 0.3 is 0 Å². The number of fused-ring (bicyclic) bond motifs is 10. The molecule has 69 heavy (non-hydrogen) atoms. The van der Waals surface area contributed by atoms with Crippen molar-refractivity contribution >= 4 is 57.2 Å². The van der Waals surface area contributed by atoms with Crippen LogP contribution in [0.4, 0.5) is 34.1 Å². The third-order valence-corrected chi connectivity index (χ3v) is 16.5. The molecule has 12 rings (SSSR count). The van der Waals surface area contributed by atoms with Gasteiger partial charge in [0.05, 0.1) is 0 Å². The van der Waals surface area contributed by atoms with Gasteiger partial charge in [-0.05, 0) is 153 Å². The molecule has 0 N–H and O–H groups in total. The van der Waals surface area contributed by atoms with Crippen LogP contribution in [0.3, 0.4) is 0 Å². The molecule has 0 spiro atoms. The first kappa shape index (κ1) is 43.7. The third kappa shape index (κ3) is 6.38. The SMILES string of the molecule is CC(C)(C)c1ccc2c(c1)B1c3ccc(C(C)(C)C)cc3N(c3ccc(-c4cccc5c4-c4ccccc4C5(C)C)cc3)c3cc(C(C)(C)C)cc(c31)N2c1ccc2c(c1)C(C)(C)c1ccccc1-2. The number of rotatable bonds is 3. The van der Waals surface area contributed by atoms with Crippen molar-refractivity contribution in [2.75, 3.05) is 9.80 Å². The van der Waals surface area contributed by atoms with E-state index in [4.69, 9.17) is 0 Å². The summed E-state index contributed by atoms with van der Waals surface area (Å²) < 4.78 is 0. The summed E-state index contributed by atoms with van der Waals surface area (Å²) in [6, 6.07) is 61.6. The third-order valence-electron chi connectivity index (χ3n) is 16.5. The van der Waals surface area contributed by atoms with Crippen LogP contribution in [0, 0.1) is 0 Å². The van der Waals surface area contributed by atoms with E-state index in [2.05, 4.69) is 258 Å². The number of benzene rings is 8. The Kier molecular flexibility index (Phi) is 9.17. The molecular formula is C66H65BN2. The lowest BCUT2D eigenvalue weighted by Gasteiger charge is -2.46. The maximum atomic E-state index is 2.62. The molecule has 0 saturated carbocycles. The van der Waals surface area contributed by atoms with E-state index in [1.165, 1.54) is 123 Å². The van der Waals surface area contributed by atoms with E-state index in [0.717, 1.165) is 0 Å². The average Bonchev–Trinajstić information content (AvgIpc) is 3.69. The number of anilines is 6. The first-order valence-electron chi connectivity index (χ1n) is 25.3. The Hall–Kier alpha value is -6.58. The predicted octanol–water partition coefficient (Wildman–Crippen LogP) is 15.9. The van der Waals surface area contributed by atoms with Gasteiger partial charge in [0.25, 0.3) is 6.71 Å². The molecule has 0 atom stereocenters. The zero-order valence-corrected chi connectivity index (χ0v) is 43.0. The van der Waals surface area contributed by atoms with Crippen LogP contribution >= 0.6 is 0 Å². The van der Waals surface area contributed by atoms with Gasteiger partial charge in [-0.2, -0.15) is 0 Å². The molecule has 0 fully saturated rings. The zero-order chi connectivity index (χ0) is 48.3. The maximum Gasteiger partial charge on any atom is 0.252 e. The van der Waals surface area contributed by atoms with Gasteiger partial charge in [-0.15, -0.1) is 0 Å². The van der Waals surface area contributed by atoms with Gasteiger partial charge in [0.1, 0.15) is 0 Å². The van der Waals surface area contributed by atoms with Crippen molar-refractivity contribution in [1.82, 2.24) is 0 Å². The van der Waals surface area contributed by atoms with Gasteiger partial charge in [0.15, 0.2) is 0 Å². The summed E-state index contributed by atoms with van der Waals surface area (Å²) in [7, 11) is 0. The van der Waals surface area contributed by atoms with Crippen LogP contribution in [0.2, 0.25) is 0 Å². The molecule has 0 radical (unpaired) electrons. The normalized spacial score (nSPS) is 15.8. The Morgan fingerprint density at radius 2 is 0.870 bits per heavy atom. The van der Waals surface area contributed by atoms with E-state index in [9.17, 15) is 0 Å². The summed E-state index contributed by atoms with van der Waals surface area (Å²) >= 11 is 0. The maximum absolute atomic E-state index is 2.62. The van der Waals surface area contributed by atoms with Gasteiger partial charge < -0.3 is 9.80 Å². The molecule has 0 unspecified atom stereocenters. The number of nitrogens with zero attached hydrogens (tertiary/aromatic N) is 2. The van der Waals surface area contributed by atoms with E-state index < -0.39 is 0 Å². The molecule has 0 saturated heterocycles. The second kappa shape index (κ2) is 14.5. The fraction of sp³-hybridized carbons (Fsp3) is 0.273. The largest absolute Gasteiger partial charge is 0.311 e. The Morgan fingerprint density at radius 1 is 0.362 bits per heavy atom. The summed E-state index contributed by atoms with van der Waals surface area (Å²) in [6.07, 6.45) is 0. The minimum Gasteiger partial charge on any atom is -0.311 e. The highest BCUT2D eigenvalue weighted by Gasteiger charge is 2.46. The molecule has 0 amide bonds. The van der Waals surface area contributed by atoms with Crippen LogP contribution in [-0.2, 0) is 27.1 Å². The minimum atomic E-state index is -0.127. The first-order chi connectivity index (χ1) is 32.6. The van der Waals surface area contributed by atoms with Crippen molar-refractivity contribution in [2.45, 2.75) is 117 Å². The van der Waals surface area contributed by atoms with Gasteiger partial charge in [0.2, 0.25) is 0 Å². The molecule has 4 aliphatic rings. The molecule has 8 aromatic carbocycles. The monoisotopic (exact) mass is 897 g/mol. The highest BCUT2D eigenvalue weighted by molar-refractivity contribution is 7.00. The van der Waals surface area contributed by atoms with Crippen molar-refractivity contribution in [3.8, 4) is 33.4 Å². The molecule has 342 valence electrons. The van der Waals surface area contributed by atoms with E-state index >= 15 is 0 Å². The van der Waals surface area contributed by atoms with Crippen molar-refractivity contribution in [1.29, 1.82) is 0 Å². The summed E-state index contributed by atoms with van der Waals surface area (Å²) in [5, 5.41) is 0. The molecule has 2 aliphatic heterocycles. The molecule has 2 aliphatic carbocycles. The van der Waals surface area contributed by atoms with E-state index in [-0.39, 0.29) is 33.8 Å². The highest BCUT2D eigenvalue weighted by Crippen LogP contribution is 2.54. The van der Waals surface area contributed by atoms with Gasteiger partial charge in [0, 0.05) is 45.0 Å². The predicted molar refractivity (Wildman–Crippen MR) is 297 cm³/mol. The Balaban J connectivity index is 1.12. The quantitative estimate of drug-likeness (QED) is 0.163. The van der Waals surface area contributed by atoms with Gasteiger partial charge in [-0.3, -0.25) is 0 Å². The smallest absolute Gasteiger partial charge is 0.252 e. The van der Waals surface area contributed by atoms with Crippen LogP contribution < -0.4 is 26.2 Å². The highest BCUT2D eigenvalue weighted by atomic mass is 15.2. The summed E-state index contributed by atoms with van der Waals surface area (Å²) in [4.78, 5) is 5.24. The molecule has 8 aromatic rings. The van der Waals surface area contributed by atoms with Crippen molar-refractivity contribution in [2.24, 2.45) is 0 Å². The molecule has 0 aromatic heterocycles. The Bertz CT molecular complexity index is 3450. The second-order valence-corrected chi connectivity index (χ2v) is 24.7. The minimum absolute atomic E-state index is 0.0273. The molecule has 3 heteroatoms. The molecular weight excluding hydrogens is 832 g/mol. The summed E-state index contributed by atoms with van der Waals surface area (Å²) in [5.74, 6) is 0. The van der Waals surface area contributed by atoms with Crippen molar-refractivity contribution in [3.63, 3.8) is 0 Å². The molecule has 2 nitrogen and oxygen atoms in total. The van der Waals surface area contributed by atoms with E-state index in [1.54, 1.807) is 0 Å². The van der Waals surface area contributed by atoms with Crippen LogP contribution in [-0.4, -0.2) is 6.71 Å². The van der Waals surface area contributed by atoms with E-state index in [0.29, 0.717) is 0 Å². The van der Waals surface area contributed by atoms with Gasteiger partial charge in [-0.1, -0.05) is 199 Å². The Labute approximate surface area is 412 Å². The van der Waals surface area contributed by atoms with E-state index in [1.807, 2.05) is 0 Å². The fourth-order valence-electron chi connectivity index (χ4n) is 12.5. The molecule has 0 bridgehead atoms. The number of hydrogen-bond donors (Lipinski definition) is 0. The Morgan fingerprint density at radius 3 is 1.54 bits per heavy atom. The van der Waals surface area contributed by atoms with Crippen molar-refractivity contribution in [3.05, 3.63) is 197 Å².